The first kappa shape index (κ1) is 19.5. The molecule has 1 amide bonds. The van der Waals surface area contributed by atoms with E-state index >= 15 is 0 Å². The van der Waals surface area contributed by atoms with Crippen molar-refractivity contribution in [3.63, 3.8) is 0 Å². The van der Waals surface area contributed by atoms with Crippen LogP contribution < -0.4 is 9.64 Å². The van der Waals surface area contributed by atoms with Crippen LogP contribution in [0.2, 0.25) is 10.0 Å². The molecule has 1 aromatic heterocycles. The normalized spacial score (nSPS) is 14.4. The first-order valence-electron chi connectivity index (χ1n) is 8.49. The van der Waals surface area contributed by atoms with E-state index in [1.165, 1.54) is 4.68 Å². The molecule has 0 atom stereocenters. The highest BCUT2D eigenvalue weighted by atomic mass is 35.5. The van der Waals surface area contributed by atoms with Gasteiger partial charge in [-0.2, -0.15) is 5.10 Å². The van der Waals surface area contributed by atoms with E-state index in [2.05, 4.69) is 10.00 Å². The highest BCUT2D eigenvalue weighted by Gasteiger charge is 2.23. The fraction of sp³-hybridized carbons (Fsp3) is 0.389. The Morgan fingerprint density at radius 2 is 1.96 bits per heavy atom. The zero-order valence-electron chi connectivity index (χ0n) is 15.1. The Morgan fingerprint density at radius 1 is 1.26 bits per heavy atom. The number of hydrogen-bond donors (Lipinski definition) is 0. The third-order valence-electron chi connectivity index (χ3n) is 4.69. The van der Waals surface area contributed by atoms with Crippen molar-refractivity contribution in [1.29, 1.82) is 0 Å². The van der Waals surface area contributed by atoms with Crippen molar-refractivity contribution >= 4 is 41.1 Å². The molecule has 0 unspecified atom stereocenters. The minimum atomic E-state index is -0.0527. The van der Waals surface area contributed by atoms with E-state index in [0.29, 0.717) is 54.0 Å². The molecule has 0 saturated carbocycles. The number of aldehydes is 1. The van der Waals surface area contributed by atoms with Crippen molar-refractivity contribution in [2.24, 2.45) is 0 Å². The highest BCUT2D eigenvalue weighted by molar-refractivity contribution is 6.33. The summed E-state index contributed by atoms with van der Waals surface area (Å²) >= 11 is 12.1. The number of amides is 1. The molecule has 27 heavy (non-hydrogen) atoms. The molecule has 7 nitrogen and oxygen atoms in total. The van der Waals surface area contributed by atoms with Gasteiger partial charge in [0, 0.05) is 37.9 Å². The average molecular weight is 411 g/mol. The topological polar surface area (TPSA) is 67.7 Å². The van der Waals surface area contributed by atoms with Gasteiger partial charge in [-0.25, -0.2) is 0 Å². The molecule has 3 rings (SSSR count). The molecule has 1 aromatic carbocycles. The Bertz CT molecular complexity index is 861. The van der Waals surface area contributed by atoms with Crippen LogP contribution in [0.3, 0.4) is 0 Å². The van der Waals surface area contributed by atoms with Gasteiger partial charge in [0.05, 0.1) is 22.8 Å². The van der Waals surface area contributed by atoms with Crippen LogP contribution in [-0.2, 0) is 11.3 Å². The summed E-state index contributed by atoms with van der Waals surface area (Å²) in [5.74, 6) is 0.577. The van der Waals surface area contributed by atoms with Crippen LogP contribution in [0.25, 0.3) is 0 Å². The Hall–Kier alpha value is -2.25. The summed E-state index contributed by atoms with van der Waals surface area (Å²) in [6.45, 7) is 4.40. The van der Waals surface area contributed by atoms with E-state index in [4.69, 9.17) is 27.9 Å². The first-order valence-corrected chi connectivity index (χ1v) is 9.24. The van der Waals surface area contributed by atoms with E-state index in [-0.39, 0.29) is 18.1 Å². The van der Waals surface area contributed by atoms with Crippen LogP contribution in [0, 0.1) is 6.92 Å². The lowest BCUT2D eigenvalue weighted by Crippen LogP contribution is -2.49. The molecule has 1 aliphatic heterocycles. The quantitative estimate of drug-likeness (QED) is 0.708. The van der Waals surface area contributed by atoms with Crippen molar-refractivity contribution in [3.05, 3.63) is 39.6 Å². The summed E-state index contributed by atoms with van der Waals surface area (Å²) in [5.41, 5.74) is 1.77. The number of rotatable bonds is 5. The fourth-order valence-corrected chi connectivity index (χ4v) is 3.44. The maximum absolute atomic E-state index is 12.6. The number of carbonyl (C=O) groups excluding carboxylic acids is 2. The van der Waals surface area contributed by atoms with Crippen LogP contribution in [0.15, 0.2) is 18.2 Å². The van der Waals surface area contributed by atoms with E-state index in [0.717, 1.165) is 5.69 Å². The SMILES string of the molecule is COc1cc(N2CCN(C(=O)Cn3nc(C=O)c(Cl)c3C)CC2)ccc1Cl. The zero-order valence-corrected chi connectivity index (χ0v) is 16.6. The van der Waals surface area contributed by atoms with Crippen molar-refractivity contribution < 1.29 is 14.3 Å². The molecular formula is C18H20Cl2N4O3. The lowest BCUT2D eigenvalue weighted by atomic mass is 10.2. The number of piperazine rings is 1. The Labute approximate surface area is 167 Å². The van der Waals surface area contributed by atoms with Gasteiger partial charge in [-0.05, 0) is 19.1 Å². The zero-order chi connectivity index (χ0) is 19.6. The molecule has 0 bridgehead atoms. The Kier molecular flexibility index (Phi) is 5.92. The van der Waals surface area contributed by atoms with Gasteiger partial charge in [0.15, 0.2) is 6.29 Å². The van der Waals surface area contributed by atoms with Crippen molar-refractivity contribution in [2.75, 3.05) is 38.2 Å². The molecule has 0 radical (unpaired) electrons. The summed E-state index contributed by atoms with van der Waals surface area (Å²) < 4.78 is 6.74. The maximum Gasteiger partial charge on any atom is 0.244 e. The number of nitrogens with zero attached hydrogens (tertiary/aromatic N) is 4. The smallest absolute Gasteiger partial charge is 0.244 e. The monoisotopic (exact) mass is 410 g/mol. The number of hydrogen-bond acceptors (Lipinski definition) is 5. The molecule has 0 aliphatic carbocycles. The van der Waals surface area contributed by atoms with E-state index in [1.54, 1.807) is 18.9 Å². The number of carbonyl (C=O) groups is 2. The van der Waals surface area contributed by atoms with Gasteiger partial charge in [-0.15, -0.1) is 0 Å². The highest BCUT2D eigenvalue weighted by Crippen LogP contribution is 2.29. The Balaban J connectivity index is 1.62. The van der Waals surface area contributed by atoms with E-state index in [9.17, 15) is 9.59 Å². The summed E-state index contributed by atoms with van der Waals surface area (Å²) in [4.78, 5) is 27.5. The first-order chi connectivity index (χ1) is 12.9. The van der Waals surface area contributed by atoms with E-state index in [1.807, 2.05) is 18.2 Å². The van der Waals surface area contributed by atoms with Crippen molar-refractivity contribution in [2.45, 2.75) is 13.5 Å². The largest absolute Gasteiger partial charge is 0.495 e. The molecular weight excluding hydrogens is 391 g/mol. The molecule has 2 heterocycles. The van der Waals surface area contributed by atoms with Crippen LogP contribution in [0.5, 0.6) is 5.75 Å². The fourth-order valence-electron chi connectivity index (χ4n) is 3.06. The summed E-state index contributed by atoms with van der Waals surface area (Å²) in [6.07, 6.45) is 0.593. The molecule has 144 valence electrons. The minimum Gasteiger partial charge on any atom is -0.495 e. The van der Waals surface area contributed by atoms with Gasteiger partial charge in [0.25, 0.3) is 0 Å². The molecule has 0 spiro atoms. The summed E-state index contributed by atoms with van der Waals surface area (Å²) in [6, 6.07) is 5.65. The van der Waals surface area contributed by atoms with Gasteiger partial charge in [0.2, 0.25) is 5.91 Å². The molecule has 1 aliphatic rings. The predicted octanol–water partition coefficient (Wildman–Crippen LogP) is 2.67. The van der Waals surface area contributed by atoms with E-state index < -0.39 is 0 Å². The lowest BCUT2D eigenvalue weighted by molar-refractivity contribution is -0.132. The third-order valence-corrected chi connectivity index (χ3v) is 5.47. The molecule has 0 N–H and O–H groups in total. The molecule has 9 heteroatoms. The van der Waals surface area contributed by atoms with Crippen LogP contribution in [-0.4, -0.2) is 60.2 Å². The van der Waals surface area contributed by atoms with Gasteiger partial charge >= 0.3 is 0 Å². The second kappa shape index (κ2) is 8.19. The predicted molar refractivity (Wildman–Crippen MR) is 104 cm³/mol. The maximum atomic E-state index is 12.6. The van der Waals surface area contributed by atoms with Gasteiger partial charge < -0.3 is 14.5 Å². The summed E-state index contributed by atoms with van der Waals surface area (Å²) in [7, 11) is 1.58. The van der Waals surface area contributed by atoms with Gasteiger partial charge in [-0.1, -0.05) is 23.2 Å². The number of aromatic nitrogens is 2. The second-order valence-corrected chi connectivity index (χ2v) is 7.03. The average Bonchev–Trinajstić information content (AvgIpc) is 2.96. The molecule has 1 saturated heterocycles. The standard InChI is InChI=1S/C18H20Cl2N4O3/c1-12-18(20)15(11-25)21-24(12)10-17(26)23-7-5-22(6-8-23)13-3-4-14(19)16(9-13)27-2/h3-4,9,11H,5-8,10H2,1-2H3. The number of anilines is 1. The summed E-state index contributed by atoms with van der Waals surface area (Å²) in [5, 5.41) is 4.94. The van der Waals surface area contributed by atoms with Crippen molar-refractivity contribution in [3.8, 4) is 5.75 Å². The van der Waals surface area contributed by atoms with Gasteiger partial charge in [0.1, 0.15) is 18.0 Å². The van der Waals surface area contributed by atoms with Crippen molar-refractivity contribution in [1.82, 2.24) is 14.7 Å². The molecule has 2 aromatic rings. The van der Waals surface area contributed by atoms with Crippen LogP contribution in [0.4, 0.5) is 5.69 Å². The number of methoxy groups -OCH3 is 1. The number of halogens is 2. The lowest BCUT2D eigenvalue weighted by Gasteiger charge is -2.36. The number of benzene rings is 1. The number of ether oxygens (including phenoxy) is 1. The minimum absolute atomic E-state index is 0.0527. The van der Waals surface area contributed by atoms with Gasteiger partial charge in [-0.3, -0.25) is 14.3 Å². The second-order valence-electron chi connectivity index (χ2n) is 6.25. The Morgan fingerprint density at radius 3 is 2.56 bits per heavy atom. The van der Waals surface area contributed by atoms with Crippen LogP contribution in [0.1, 0.15) is 16.2 Å². The van der Waals surface area contributed by atoms with Crippen LogP contribution >= 0.6 is 23.2 Å². The third kappa shape index (κ3) is 4.04. The molecule has 1 fully saturated rings.